The van der Waals surface area contributed by atoms with Crippen LogP contribution in [0.15, 0.2) is 48.5 Å². The van der Waals surface area contributed by atoms with Crippen molar-refractivity contribution >= 4 is 18.0 Å². The molecule has 2 N–H and O–H groups in total. The predicted octanol–water partition coefficient (Wildman–Crippen LogP) is 4.65. The van der Waals surface area contributed by atoms with Crippen molar-refractivity contribution in [2.75, 3.05) is 26.2 Å². The molecule has 1 fully saturated rings. The van der Waals surface area contributed by atoms with E-state index in [2.05, 4.69) is 29.6 Å². The molecule has 2 aromatic carbocycles. The lowest BCUT2D eigenvalue weighted by Crippen LogP contribution is -2.39. The van der Waals surface area contributed by atoms with Crippen molar-refractivity contribution in [1.29, 1.82) is 0 Å². The summed E-state index contributed by atoms with van der Waals surface area (Å²) in [5, 5.41) is 11.7. The zero-order chi connectivity index (χ0) is 24.8. The van der Waals surface area contributed by atoms with E-state index in [1.807, 2.05) is 36.1 Å². The van der Waals surface area contributed by atoms with E-state index in [-0.39, 0.29) is 36.7 Å². The number of likely N-dealkylation sites (tertiary alicyclic amines) is 1. The Bertz CT molecular complexity index is 1020. The van der Waals surface area contributed by atoms with Gasteiger partial charge in [-0.15, -0.1) is 0 Å². The first-order chi connectivity index (χ1) is 16.9. The number of amides is 2. The van der Waals surface area contributed by atoms with Crippen LogP contribution in [0.4, 0.5) is 4.79 Å². The molecule has 1 atom stereocenters. The van der Waals surface area contributed by atoms with Gasteiger partial charge in [-0.25, -0.2) is 4.79 Å². The topological polar surface area (TPSA) is 95.9 Å². The Kier molecular flexibility index (Phi) is 8.06. The maximum atomic E-state index is 12.6. The number of piperidine rings is 1. The molecule has 0 bridgehead atoms. The standard InChI is InChI=1S/C28H34N2O5/c1-19(16-26(31)30-14-11-20(12-15-30)17-27(32)33)10-13-29-28(34)35-18-25-23-8-4-2-6-21(23)22-7-3-5-9-24(22)25/h2-9,19-20,25H,10-18H2,1H3,(H,29,34)(H,32,33). The fraction of sp³-hybridized carbons (Fsp3) is 0.464. The third kappa shape index (κ3) is 6.21. The highest BCUT2D eigenvalue weighted by Gasteiger charge is 2.29. The number of nitrogens with one attached hydrogen (secondary N) is 1. The molecule has 2 aliphatic rings. The number of hydrogen-bond donors (Lipinski definition) is 2. The lowest BCUT2D eigenvalue weighted by molar-refractivity contribution is -0.138. The van der Waals surface area contributed by atoms with Crippen molar-refractivity contribution in [3.8, 4) is 11.1 Å². The maximum absolute atomic E-state index is 12.6. The van der Waals surface area contributed by atoms with Crippen molar-refractivity contribution < 1.29 is 24.2 Å². The van der Waals surface area contributed by atoms with Crippen LogP contribution in [0.3, 0.4) is 0 Å². The van der Waals surface area contributed by atoms with Crippen molar-refractivity contribution in [3.05, 3.63) is 59.7 Å². The predicted molar refractivity (Wildman–Crippen MR) is 133 cm³/mol. The summed E-state index contributed by atoms with van der Waals surface area (Å²) in [5.74, 6) is -0.340. The third-order valence-corrected chi connectivity index (χ3v) is 7.20. The summed E-state index contributed by atoms with van der Waals surface area (Å²) < 4.78 is 5.57. The van der Waals surface area contributed by atoms with E-state index in [4.69, 9.17) is 9.84 Å². The number of ether oxygens (including phenoxy) is 1. The number of carbonyl (C=O) groups excluding carboxylic acids is 2. The van der Waals surface area contributed by atoms with Gasteiger partial charge in [0.1, 0.15) is 6.61 Å². The summed E-state index contributed by atoms with van der Waals surface area (Å²) in [7, 11) is 0. The van der Waals surface area contributed by atoms with E-state index in [0.29, 0.717) is 32.5 Å². The van der Waals surface area contributed by atoms with Gasteiger partial charge < -0.3 is 20.1 Å². The van der Waals surface area contributed by atoms with Crippen LogP contribution in [0.2, 0.25) is 0 Å². The minimum absolute atomic E-state index is 0.0318. The summed E-state index contributed by atoms with van der Waals surface area (Å²) in [4.78, 5) is 37.6. The van der Waals surface area contributed by atoms with Crippen LogP contribution in [-0.4, -0.2) is 54.2 Å². The molecule has 1 saturated heterocycles. The molecule has 2 aromatic rings. The summed E-state index contributed by atoms with van der Waals surface area (Å²) in [6, 6.07) is 16.5. The minimum Gasteiger partial charge on any atom is -0.481 e. The Hall–Kier alpha value is -3.35. The normalized spacial score (nSPS) is 16.3. The van der Waals surface area contributed by atoms with Gasteiger partial charge >= 0.3 is 12.1 Å². The van der Waals surface area contributed by atoms with Gasteiger partial charge in [-0.05, 0) is 53.4 Å². The molecule has 0 saturated carbocycles. The van der Waals surface area contributed by atoms with Gasteiger partial charge in [0.2, 0.25) is 5.91 Å². The van der Waals surface area contributed by atoms with Crippen LogP contribution in [0, 0.1) is 11.8 Å². The number of carboxylic acid groups (broad SMARTS) is 1. The molecule has 1 unspecified atom stereocenters. The van der Waals surface area contributed by atoms with Crippen molar-refractivity contribution in [3.63, 3.8) is 0 Å². The van der Waals surface area contributed by atoms with Gasteiger partial charge in [-0.2, -0.15) is 0 Å². The van der Waals surface area contributed by atoms with Gasteiger partial charge in [0, 0.05) is 38.4 Å². The molecule has 4 rings (SSSR count). The number of fused-ring (bicyclic) bond motifs is 3. The van der Waals surface area contributed by atoms with Crippen LogP contribution in [-0.2, 0) is 14.3 Å². The first-order valence-electron chi connectivity index (χ1n) is 12.5. The zero-order valence-electron chi connectivity index (χ0n) is 20.2. The Morgan fingerprint density at radius 3 is 2.23 bits per heavy atom. The first kappa shape index (κ1) is 24.8. The molecule has 0 aromatic heterocycles. The molecule has 1 heterocycles. The second-order valence-electron chi connectivity index (χ2n) is 9.77. The Morgan fingerprint density at radius 2 is 1.63 bits per heavy atom. The van der Waals surface area contributed by atoms with E-state index in [1.54, 1.807) is 0 Å². The fourth-order valence-electron chi connectivity index (χ4n) is 5.23. The summed E-state index contributed by atoms with van der Waals surface area (Å²) in [5.41, 5.74) is 4.75. The Balaban J connectivity index is 1.16. The molecule has 1 aliphatic heterocycles. The van der Waals surface area contributed by atoms with Crippen LogP contribution < -0.4 is 5.32 Å². The monoisotopic (exact) mass is 478 g/mol. The molecule has 7 nitrogen and oxygen atoms in total. The highest BCUT2D eigenvalue weighted by atomic mass is 16.5. The van der Waals surface area contributed by atoms with Crippen LogP contribution in [0.5, 0.6) is 0 Å². The highest BCUT2D eigenvalue weighted by molar-refractivity contribution is 5.79. The van der Waals surface area contributed by atoms with Gasteiger partial charge in [0.15, 0.2) is 0 Å². The Morgan fingerprint density at radius 1 is 1.03 bits per heavy atom. The number of nitrogens with zero attached hydrogens (tertiary/aromatic N) is 1. The van der Waals surface area contributed by atoms with E-state index in [9.17, 15) is 14.4 Å². The molecule has 35 heavy (non-hydrogen) atoms. The lowest BCUT2D eigenvalue weighted by atomic mass is 9.93. The SMILES string of the molecule is CC(CCNC(=O)OCC1c2ccccc2-c2ccccc21)CC(=O)N1CCC(CC(=O)O)CC1. The fourth-order valence-corrected chi connectivity index (χ4v) is 5.23. The van der Waals surface area contributed by atoms with E-state index >= 15 is 0 Å². The summed E-state index contributed by atoms with van der Waals surface area (Å²) in [6.07, 6.45) is 2.35. The van der Waals surface area contributed by atoms with Crippen LogP contribution >= 0.6 is 0 Å². The van der Waals surface area contributed by atoms with Gasteiger partial charge in [0.25, 0.3) is 0 Å². The van der Waals surface area contributed by atoms with E-state index in [0.717, 1.165) is 12.8 Å². The van der Waals surface area contributed by atoms with Crippen molar-refractivity contribution in [2.45, 2.75) is 44.9 Å². The number of benzene rings is 2. The molecule has 1 aliphatic carbocycles. The van der Waals surface area contributed by atoms with Crippen molar-refractivity contribution in [1.82, 2.24) is 10.2 Å². The number of hydrogen-bond acceptors (Lipinski definition) is 4. The smallest absolute Gasteiger partial charge is 0.407 e. The van der Waals surface area contributed by atoms with Gasteiger partial charge in [-0.3, -0.25) is 9.59 Å². The van der Waals surface area contributed by atoms with E-state index < -0.39 is 12.1 Å². The number of rotatable bonds is 9. The summed E-state index contributed by atoms with van der Waals surface area (Å²) in [6.45, 7) is 4.00. The number of alkyl carbamates (subject to hydrolysis) is 1. The van der Waals surface area contributed by atoms with Crippen molar-refractivity contribution in [2.24, 2.45) is 11.8 Å². The highest BCUT2D eigenvalue weighted by Crippen LogP contribution is 2.44. The minimum atomic E-state index is -0.771. The molecule has 2 amide bonds. The summed E-state index contributed by atoms with van der Waals surface area (Å²) >= 11 is 0. The Labute approximate surface area is 206 Å². The molecule has 0 spiro atoms. The van der Waals surface area contributed by atoms with Gasteiger partial charge in [0.05, 0.1) is 0 Å². The van der Waals surface area contributed by atoms with Crippen LogP contribution in [0.25, 0.3) is 11.1 Å². The molecule has 7 heteroatoms. The molecule has 186 valence electrons. The average molecular weight is 479 g/mol. The molecular formula is C28H34N2O5. The van der Waals surface area contributed by atoms with Crippen LogP contribution in [0.1, 0.15) is 56.1 Å². The largest absolute Gasteiger partial charge is 0.481 e. The number of aliphatic carboxylic acids is 1. The quantitative estimate of drug-likeness (QED) is 0.547. The lowest BCUT2D eigenvalue weighted by Gasteiger charge is -2.32. The number of carbonyl (C=O) groups is 3. The zero-order valence-corrected chi connectivity index (χ0v) is 20.2. The molecular weight excluding hydrogens is 444 g/mol. The third-order valence-electron chi connectivity index (χ3n) is 7.20. The second-order valence-corrected chi connectivity index (χ2v) is 9.77. The second kappa shape index (κ2) is 11.4. The van der Waals surface area contributed by atoms with E-state index in [1.165, 1.54) is 22.3 Å². The molecule has 0 radical (unpaired) electrons. The average Bonchev–Trinajstić information content (AvgIpc) is 3.16. The number of carboxylic acids is 1. The maximum Gasteiger partial charge on any atom is 0.407 e. The first-order valence-corrected chi connectivity index (χ1v) is 12.5. The van der Waals surface area contributed by atoms with Gasteiger partial charge in [-0.1, -0.05) is 55.5 Å².